The second-order valence-corrected chi connectivity index (χ2v) is 6.46. The lowest BCUT2D eigenvalue weighted by atomic mass is 10.1. The molecule has 0 bridgehead atoms. The minimum atomic E-state index is -0.665. The van der Waals surface area contributed by atoms with Crippen LogP contribution in [0.5, 0.6) is 0 Å². The maximum atomic E-state index is 14.1. The summed E-state index contributed by atoms with van der Waals surface area (Å²) < 4.78 is 14.1. The molecule has 4 rings (SSSR count). The van der Waals surface area contributed by atoms with Gasteiger partial charge in [0, 0.05) is 24.7 Å². The summed E-state index contributed by atoms with van der Waals surface area (Å²) in [6.45, 7) is 0. The first-order chi connectivity index (χ1) is 12.5. The number of nitrogens with two attached hydrogens (primary N) is 1. The molecule has 0 unspecified atom stereocenters. The molecular formula is C17H16ClFN6O. The fourth-order valence-corrected chi connectivity index (χ4v) is 2.78. The van der Waals surface area contributed by atoms with Gasteiger partial charge in [-0.05, 0) is 31.0 Å². The smallest absolute Gasteiger partial charge is 0.250 e. The van der Waals surface area contributed by atoms with Crippen molar-refractivity contribution in [3.63, 3.8) is 0 Å². The van der Waals surface area contributed by atoms with Gasteiger partial charge in [0.2, 0.25) is 5.91 Å². The van der Waals surface area contributed by atoms with Gasteiger partial charge in [0.15, 0.2) is 23.3 Å². The van der Waals surface area contributed by atoms with Crippen LogP contribution in [0.1, 0.15) is 36.2 Å². The van der Waals surface area contributed by atoms with Crippen LogP contribution in [0.3, 0.4) is 0 Å². The van der Waals surface area contributed by atoms with Gasteiger partial charge in [-0.2, -0.15) is 5.10 Å². The number of hydrogen-bond acceptors (Lipinski definition) is 5. The Bertz CT molecular complexity index is 1010. The van der Waals surface area contributed by atoms with Crippen molar-refractivity contribution in [1.82, 2.24) is 20.2 Å². The maximum absolute atomic E-state index is 14.1. The lowest BCUT2D eigenvalue weighted by molar-refractivity contribution is 0.100. The predicted octanol–water partition coefficient (Wildman–Crippen LogP) is 3.63. The molecule has 0 saturated heterocycles. The van der Waals surface area contributed by atoms with Crippen LogP contribution in [-0.4, -0.2) is 26.1 Å². The molecule has 134 valence electrons. The molecule has 0 spiro atoms. The third-order valence-corrected chi connectivity index (χ3v) is 4.43. The van der Waals surface area contributed by atoms with E-state index in [0.29, 0.717) is 17.3 Å². The Morgan fingerprint density at radius 1 is 1.38 bits per heavy atom. The number of benzene rings is 1. The Morgan fingerprint density at radius 2 is 2.19 bits per heavy atom. The Kier molecular flexibility index (Phi) is 4.04. The van der Waals surface area contributed by atoms with Gasteiger partial charge in [0.25, 0.3) is 0 Å². The molecule has 1 aromatic carbocycles. The molecule has 4 N–H and O–H groups in total. The predicted molar refractivity (Wildman–Crippen MR) is 96.9 cm³/mol. The summed E-state index contributed by atoms with van der Waals surface area (Å²) in [7, 11) is 0. The summed E-state index contributed by atoms with van der Waals surface area (Å²) in [5.41, 5.74) is 6.96. The highest BCUT2D eigenvalue weighted by Gasteiger charge is 2.25. The first-order valence-corrected chi connectivity index (χ1v) is 8.33. The van der Waals surface area contributed by atoms with Crippen LogP contribution in [0.25, 0.3) is 11.4 Å². The number of primary amides is 1. The zero-order valence-corrected chi connectivity index (χ0v) is 14.2. The zero-order valence-electron chi connectivity index (χ0n) is 13.5. The minimum Gasteiger partial charge on any atom is -0.366 e. The first-order valence-electron chi connectivity index (χ1n) is 7.96. The number of anilines is 2. The highest BCUT2D eigenvalue weighted by molar-refractivity contribution is 6.33. The van der Waals surface area contributed by atoms with Crippen LogP contribution < -0.4 is 11.1 Å². The van der Waals surface area contributed by atoms with Crippen molar-refractivity contribution in [3.8, 4) is 11.4 Å². The van der Waals surface area contributed by atoms with E-state index in [1.165, 1.54) is 12.1 Å². The average molecular weight is 375 g/mol. The normalized spacial score (nSPS) is 13.6. The Balaban J connectivity index is 0.00000210. The van der Waals surface area contributed by atoms with E-state index in [0.717, 1.165) is 24.7 Å². The molecule has 9 heteroatoms. The van der Waals surface area contributed by atoms with E-state index < -0.39 is 11.7 Å². The molecule has 0 aliphatic heterocycles. The molecule has 2 heterocycles. The Morgan fingerprint density at radius 3 is 2.92 bits per heavy atom. The van der Waals surface area contributed by atoms with Gasteiger partial charge in [-0.1, -0.05) is 11.6 Å². The van der Waals surface area contributed by atoms with Gasteiger partial charge in [0.1, 0.15) is 0 Å². The number of carbonyl (C=O) groups is 1. The average Bonchev–Trinajstić information content (AvgIpc) is 3.37. The van der Waals surface area contributed by atoms with Gasteiger partial charge in [-0.15, -0.1) is 0 Å². The molecule has 1 amide bonds. The van der Waals surface area contributed by atoms with Crippen LogP contribution in [0.4, 0.5) is 16.0 Å². The van der Waals surface area contributed by atoms with Gasteiger partial charge < -0.3 is 11.1 Å². The molecule has 26 heavy (non-hydrogen) atoms. The summed E-state index contributed by atoms with van der Waals surface area (Å²) >= 11 is 5.95. The van der Waals surface area contributed by atoms with Crippen molar-refractivity contribution < 1.29 is 10.6 Å². The lowest BCUT2D eigenvalue weighted by Gasteiger charge is -2.07. The molecule has 1 aliphatic carbocycles. The number of nitrogens with one attached hydrogen (secondary N) is 2. The van der Waals surface area contributed by atoms with Crippen LogP contribution in [0.2, 0.25) is 5.02 Å². The second kappa shape index (κ2) is 6.38. The number of nitrogens with zero attached hydrogens (tertiary/aromatic N) is 3. The summed E-state index contributed by atoms with van der Waals surface area (Å²) in [6, 6.07) is 6.46. The van der Waals surface area contributed by atoms with Gasteiger partial charge in [-0.3, -0.25) is 9.89 Å². The van der Waals surface area contributed by atoms with Gasteiger partial charge in [-0.25, -0.2) is 14.4 Å². The fourth-order valence-electron chi connectivity index (χ4n) is 2.57. The van der Waals surface area contributed by atoms with E-state index in [1.54, 1.807) is 6.07 Å². The van der Waals surface area contributed by atoms with Crippen molar-refractivity contribution in [2.24, 2.45) is 5.73 Å². The van der Waals surface area contributed by atoms with Gasteiger partial charge in [0.05, 0.1) is 16.8 Å². The van der Waals surface area contributed by atoms with E-state index in [4.69, 9.17) is 17.3 Å². The number of amides is 1. The number of aromatic amines is 1. The topological polar surface area (TPSA) is 110 Å². The molecule has 3 aromatic rings. The van der Waals surface area contributed by atoms with E-state index >= 15 is 0 Å². The maximum Gasteiger partial charge on any atom is 0.250 e. The van der Waals surface area contributed by atoms with E-state index in [9.17, 15) is 9.18 Å². The molecular weight excluding hydrogens is 359 g/mol. The highest BCUT2D eigenvalue weighted by atomic mass is 35.5. The molecule has 1 fully saturated rings. The lowest BCUT2D eigenvalue weighted by Crippen LogP contribution is -2.11. The molecule has 0 atom stereocenters. The van der Waals surface area contributed by atoms with E-state index in [1.807, 2.05) is 6.07 Å². The molecule has 1 aliphatic rings. The Hall–Kier alpha value is -3.00. The van der Waals surface area contributed by atoms with Crippen LogP contribution in [0.15, 0.2) is 30.5 Å². The molecule has 7 nitrogen and oxygen atoms in total. The highest BCUT2D eigenvalue weighted by Crippen LogP contribution is 2.39. The largest absolute Gasteiger partial charge is 0.366 e. The summed E-state index contributed by atoms with van der Waals surface area (Å²) in [6.07, 6.45) is 3.32. The quantitative estimate of drug-likeness (QED) is 0.631. The molecule has 1 saturated carbocycles. The SMILES string of the molecule is NC(=O)c1cc(-c2ncc(F)c(Nc3cc(C4CC4)[nH]n3)n2)ccc1Cl.[HH]. The Labute approximate surface area is 154 Å². The number of aromatic nitrogens is 4. The van der Waals surface area contributed by atoms with Crippen molar-refractivity contribution in [2.75, 3.05) is 5.32 Å². The van der Waals surface area contributed by atoms with Crippen LogP contribution >= 0.6 is 11.6 Å². The monoisotopic (exact) mass is 374 g/mol. The second-order valence-electron chi connectivity index (χ2n) is 6.06. The van der Waals surface area contributed by atoms with Crippen molar-refractivity contribution in [1.29, 1.82) is 0 Å². The van der Waals surface area contributed by atoms with Crippen molar-refractivity contribution in [2.45, 2.75) is 18.8 Å². The van der Waals surface area contributed by atoms with Gasteiger partial charge >= 0.3 is 0 Å². The number of carbonyl (C=O) groups excluding carboxylic acids is 1. The van der Waals surface area contributed by atoms with E-state index in [-0.39, 0.29) is 23.7 Å². The standard InChI is InChI=1S/C17H14ClFN6O.H2/c18-11-4-3-9(5-10(11)15(20)26)16-21-7-12(19)17(23-16)22-14-6-13(24-25-14)8-1-2-8;/h3-8H,1-2H2,(H2,20,26)(H2,21,22,23,24,25);1H. The number of halogens is 2. The number of rotatable bonds is 5. The third-order valence-electron chi connectivity index (χ3n) is 4.10. The number of hydrogen-bond donors (Lipinski definition) is 3. The fraction of sp³-hybridized carbons (Fsp3) is 0.176. The van der Waals surface area contributed by atoms with Crippen LogP contribution in [0, 0.1) is 5.82 Å². The van der Waals surface area contributed by atoms with Crippen molar-refractivity contribution >= 4 is 29.1 Å². The molecule has 2 aromatic heterocycles. The minimum absolute atomic E-state index is 0. The summed E-state index contributed by atoms with van der Waals surface area (Å²) in [4.78, 5) is 19.6. The zero-order chi connectivity index (χ0) is 18.3. The van der Waals surface area contributed by atoms with Crippen molar-refractivity contribution in [3.05, 3.63) is 52.6 Å². The summed E-state index contributed by atoms with van der Waals surface area (Å²) in [5.74, 6) is -0.0878. The van der Waals surface area contributed by atoms with Crippen LogP contribution in [-0.2, 0) is 0 Å². The molecule has 0 radical (unpaired) electrons. The first kappa shape index (κ1) is 16.5. The summed E-state index contributed by atoms with van der Waals surface area (Å²) in [5, 5.41) is 10.1. The third kappa shape index (κ3) is 3.23. The number of H-pyrrole nitrogens is 1. The van der Waals surface area contributed by atoms with E-state index in [2.05, 4.69) is 25.5 Å².